The molecular weight excluding hydrogens is 459 g/mol. The molecule has 1 N–H and O–H groups in total. The van der Waals surface area contributed by atoms with Gasteiger partial charge >= 0.3 is 5.97 Å². The first-order chi connectivity index (χ1) is 16.3. The summed E-state index contributed by atoms with van der Waals surface area (Å²) in [4.78, 5) is 41.8. The number of carbonyl (C=O) groups excluding carboxylic acids is 2. The van der Waals surface area contributed by atoms with Crippen LogP contribution in [0.2, 0.25) is 5.02 Å². The lowest BCUT2D eigenvalue weighted by Gasteiger charge is -2.48. The number of benzene rings is 2. The van der Waals surface area contributed by atoms with Gasteiger partial charge < -0.3 is 14.9 Å². The van der Waals surface area contributed by atoms with Crippen LogP contribution in [0.3, 0.4) is 0 Å². The van der Waals surface area contributed by atoms with Crippen molar-refractivity contribution in [2.45, 2.75) is 63.1 Å². The molecule has 3 aliphatic rings. The standard InChI is InChI=1S/C26H26ClFN2O4/c27-16-6-11-20-22(14-16)30(26(34)15-4-7-17(28)8-5-15)21-3-1-2-19(21)25(20)29(18-9-10-18)23(31)12-13-24(32)33/h4-8,11,14,18-19,21,25H,1-3,9-10,12-13H2,(H,32,33)/t19-,21+,25+/m0/s1. The number of carboxylic acid groups (broad SMARTS) is 1. The van der Waals surface area contributed by atoms with Crippen molar-refractivity contribution in [3.05, 3.63) is 64.4 Å². The van der Waals surface area contributed by atoms with Gasteiger partial charge in [0.1, 0.15) is 5.82 Å². The third kappa shape index (κ3) is 4.17. The highest BCUT2D eigenvalue weighted by Gasteiger charge is 2.51. The van der Waals surface area contributed by atoms with Crippen LogP contribution >= 0.6 is 11.6 Å². The Morgan fingerprint density at radius 1 is 1.03 bits per heavy atom. The number of fused-ring (bicyclic) bond motifs is 2. The van der Waals surface area contributed by atoms with Crippen molar-refractivity contribution < 1.29 is 23.9 Å². The molecule has 6 nitrogen and oxygen atoms in total. The van der Waals surface area contributed by atoms with Gasteiger partial charge in [0.05, 0.1) is 18.2 Å². The topological polar surface area (TPSA) is 77.9 Å². The largest absolute Gasteiger partial charge is 0.481 e. The summed E-state index contributed by atoms with van der Waals surface area (Å²) in [5, 5.41) is 9.60. The highest BCUT2D eigenvalue weighted by molar-refractivity contribution is 6.31. The normalized spacial score (nSPS) is 23.2. The fourth-order valence-electron chi connectivity index (χ4n) is 5.67. The van der Waals surface area contributed by atoms with Gasteiger partial charge in [-0.25, -0.2) is 4.39 Å². The van der Waals surface area contributed by atoms with Crippen molar-refractivity contribution in [3.63, 3.8) is 0 Å². The number of hydrogen-bond acceptors (Lipinski definition) is 3. The number of aliphatic carboxylic acids is 1. The average molecular weight is 485 g/mol. The van der Waals surface area contributed by atoms with Gasteiger partial charge in [0, 0.05) is 35.0 Å². The first kappa shape index (κ1) is 22.8. The zero-order chi connectivity index (χ0) is 24.0. The molecule has 1 aliphatic heterocycles. The van der Waals surface area contributed by atoms with E-state index < -0.39 is 11.8 Å². The zero-order valence-electron chi connectivity index (χ0n) is 18.6. The van der Waals surface area contributed by atoms with E-state index in [2.05, 4.69) is 0 Å². The molecule has 0 unspecified atom stereocenters. The molecule has 2 amide bonds. The second-order valence-corrected chi connectivity index (χ2v) is 9.85. The van der Waals surface area contributed by atoms with Crippen LogP contribution in [0.15, 0.2) is 42.5 Å². The first-order valence-corrected chi connectivity index (χ1v) is 12.1. The molecular formula is C26H26ClFN2O4. The van der Waals surface area contributed by atoms with Crippen LogP contribution < -0.4 is 4.90 Å². The molecule has 2 aromatic rings. The molecule has 8 heteroatoms. The van der Waals surface area contributed by atoms with E-state index in [1.54, 1.807) is 17.0 Å². The van der Waals surface area contributed by atoms with Gasteiger partial charge in [0.25, 0.3) is 5.91 Å². The Kier molecular flexibility index (Phi) is 6.06. The molecule has 2 fully saturated rings. The molecule has 34 heavy (non-hydrogen) atoms. The van der Waals surface area contributed by atoms with Crippen molar-refractivity contribution in [2.75, 3.05) is 4.90 Å². The Hall–Kier alpha value is -2.93. The molecule has 2 aliphatic carbocycles. The summed E-state index contributed by atoms with van der Waals surface area (Å²) in [5.74, 6) is -1.73. The summed E-state index contributed by atoms with van der Waals surface area (Å²) < 4.78 is 13.5. The molecule has 0 radical (unpaired) electrons. The molecule has 0 aromatic heterocycles. The lowest BCUT2D eigenvalue weighted by molar-refractivity contribution is -0.142. The summed E-state index contributed by atoms with van der Waals surface area (Å²) >= 11 is 6.37. The first-order valence-electron chi connectivity index (χ1n) is 11.8. The SMILES string of the molecule is O=C(O)CCC(=O)N(C1CC1)[C@H]1c2ccc(Cl)cc2N(C(=O)c2ccc(F)cc2)[C@@H]2CCC[C@@H]21. The molecule has 0 spiro atoms. The highest BCUT2D eigenvalue weighted by atomic mass is 35.5. The Morgan fingerprint density at radius 3 is 2.44 bits per heavy atom. The lowest BCUT2D eigenvalue weighted by atomic mass is 9.81. The van der Waals surface area contributed by atoms with Gasteiger partial charge in [-0.15, -0.1) is 0 Å². The van der Waals surface area contributed by atoms with E-state index in [9.17, 15) is 18.8 Å². The van der Waals surface area contributed by atoms with E-state index >= 15 is 0 Å². The van der Waals surface area contributed by atoms with Gasteiger partial charge in [-0.3, -0.25) is 14.4 Å². The van der Waals surface area contributed by atoms with Gasteiger partial charge in [-0.2, -0.15) is 0 Å². The van der Waals surface area contributed by atoms with E-state index in [4.69, 9.17) is 16.7 Å². The predicted octanol–water partition coefficient (Wildman–Crippen LogP) is 5.21. The van der Waals surface area contributed by atoms with Crippen molar-refractivity contribution in [1.82, 2.24) is 4.90 Å². The molecule has 3 atom stereocenters. The summed E-state index contributed by atoms with van der Waals surface area (Å²) in [7, 11) is 0. The van der Waals surface area contributed by atoms with Crippen LogP contribution in [0, 0.1) is 11.7 Å². The lowest BCUT2D eigenvalue weighted by Crippen LogP contribution is -2.53. The van der Waals surface area contributed by atoms with E-state index in [0.717, 1.165) is 37.7 Å². The summed E-state index contributed by atoms with van der Waals surface area (Å²) in [6.45, 7) is 0. The van der Waals surface area contributed by atoms with Crippen LogP contribution in [0.1, 0.15) is 66.9 Å². The fourth-order valence-corrected chi connectivity index (χ4v) is 5.84. The van der Waals surface area contributed by atoms with Crippen LogP contribution in [0.5, 0.6) is 0 Å². The molecule has 0 saturated heterocycles. The predicted molar refractivity (Wildman–Crippen MR) is 125 cm³/mol. The monoisotopic (exact) mass is 484 g/mol. The fraction of sp³-hybridized carbons (Fsp3) is 0.423. The Balaban J connectivity index is 1.58. The minimum Gasteiger partial charge on any atom is -0.481 e. The molecule has 5 rings (SSSR count). The molecule has 178 valence electrons. The Labute approximate surface area is 202 Å². The van der Waals surface area contributed by atoms with Crippen LogP contribution in [-0.4, -0.2) is 39.9 Å². The number of nitrogens with zero attached hydrogens (tertiary/aromatic N) is 2. The molecule has 2 aromatic carbocycles. The van der Waals surface area contributed by atoms with Crippen molar-refractivity contribution >= 4 is 35.1 Å². The second kappa shape index (κ2) is 9.02. The smallest absolute Gasteiger partial charge is 0.303 e. The number of halogens is 2. The minimum atomic E-state index is -0.991. The van der Waals surface area contributed by atoms with Gasteiger partial charge in [0.15, 0.2) is 0 Å². The summed E-state index contributed by atoms with van der Waals surface area (Å²) in [5.41, 5.74) is 1.93. The maximum absolute atomic E-state index is 13.7. The van der Waals surface area contributed by atoms with Crippen molar-refractivity contribution in [2.24, 2.45) is 5.92 Å². The number of hydrogen-bond donors (Lipinski definition) is 1. The van der Waals surface area contributed by atoms with E-state index in [-0.39, 0.29) is 48.7 Å². The second-order valence-electron chi connectivity index (χ2n) is 9.42. The van der Waals surface area contributed by atoms with Gasteiger partial charge in [0.2, 0.25) is 5.91 Å². The van der Waals surface area contributed by atoms with E-state index in [0.29, 0.717) is 16.3 Å². The van der Waals surface area contributed by atoms with Gasteiger partial charge in [-0.05, 0) is 67.6 Å². The van der Waals surface area contributed by atoms with Crippen LogP contribution in [0.4, 0.5) is 10.1 Å². The third-order valence-electron chi connectivity index (χ3n) is 7.23. The molecule has 2 saturated carbocycles. The third-order valence-corrected chi connectivity index (χ3v) is 7.47. The number of anilines is 1. The zero-order valence-corrected chi connectivity index (χ0v) is 19.4. The van der Waals surface area contributed by atoms with E-state index in [1.807, 2.05) is 11.0 Å². The number of carboxylic acids is 1. The van der Waals surface area contributed by atoms with Crippen LogP contribution in [0.25, 0.3) is 0 Å². The Morgan fingerprint density at radius 2 is 1.76 bits per heavy atom. The minimum absolute atomic E-state index is 0.0347. The van der Waals surface area contributed by atoms with Crippen LogP contribution in [-0.2, 0) is 9.59 Å². The van der Waals surface area contributed by atoms with E-state index in [1.165, 1.54) is 24.3 Å². The summed E-state index contributed by atoms with van der Waals surface area (Å²) in [6, 6.07) is 10.7. The highest BCUT2D eigenvalue weighted by Crippen LogP contribution is 2.53. The number of rotatable bonds is 6. The number of amides is 2. The molecule has 1 heterocycles. The quantitative estimate of drug-likeness (QED) is 0.611. The van der Waals surface area contributed by atoms with Crippen molar-refractivity contribution in [3.8, 4) is 0 Å². The Bertz CT molecular complexity index is 1130. The van der Waals surface area contributed by atoms with Crippen molar-refractivity contribution in [1.29, 1.82) is 0 Å². The maximum Gasteiger partial charge on any atom is 0.303 e. The summed E-state index contributed by atoms with van der Waals surface area (Å²) in [6.07, 6.45) is 4.12. The molecule has 0 bridgehead atoms. The van der Waals surface area contributed by atoms with Gasteiger partial charge in [-0.1, -0.05) is 24.1 Å². The average Bonchev–Trinajstić information content (AvgIpc) is 3.53. The maximum atomic E-state index is 13.7. The number of carbonyl (C=O) groups is 3.